The van der Waals surface area contributed by atoms with Gasteiger partial charge >= 0.3 is 0 Å². The van der Waals surface area contributed by atoms with Gasteiger partial charge in [-0.2, -0.15) is 4.31 Å². The fourth-order valence-corrected chi connectivity index (χ4v) is 4.90. The molecule has 1 amide bonds. The Hall–Kier alpha value is -2.46. The maximum atomic E-state index is 12.7. The van der Waals surface area contributed by atoms with Crippen LogP contribution in [0.15, 0.2) is 53.4 Å². The van der Waals surface area contributed by atoms with E-state index in [9.17, 15) is 13.2 Å². The summed E-state index contributed by atoms with van der Waals surface area (Å²) in [4.78, 5) is 15.0. The molecule has 160 valence electrons. The fraction of sp³-hybridized carbons (Fsp3) is 0.381. The second-order valence-electron chi connectivity index (χ2n) is 7.14. The third kappa shape index (κ3) is 4.65. The van der Waals surface area contributed by atoms with Crippen molar-refractivity contribution in [3.63, 3.8) is 0 Å². The summed E-state index contributed by atoms with van der Waals surface area (Å²) in [5, 5.41) is 2.85. The highest BCUT2D eigenvalue weighted by atomic mass is 32.2. The lowest BCUT2D eigenvalue weighted by atomic mass is 10.2. The molecule has 0 atom stereocenters. The first-order valence-corrected chi connectivity index (χ1v) is 11.4. The second-order valence-corrected chi connectivity index (χ2v) is 9.08. The number of sulfonamides is 1. The number of benzene rings is 2. The van der Waals surface area contributed by atoms with Crippen LogP contribution < -0.4 is 10.2 Å². The minimum absolute atomic E-state index is 0.177. The van der Waals surface area contributed by atoms with Crippen LogP contribution in [0.3, 0.4) is 0 Å². The van der Waals surface area contributed by atoms with Gasteiger partial charge in [-0.15, -0.1) is 0 Å². The predicted octanol–water partition coefficient (Wildman–Crippen LogP) is 1.80. The van der Waals surface area contributed by atoms with E-state index < -0.39 is 10.0 Å². The summed E-state index contributed by atoms with van der Waals surface area (Å²) in [6, 6.07) is 13.7. The number of nitrogens with one attached hydrogen (secondary N) is 1. The Labute approximate surface area is 176 Å². The van der Waals surface area contributed by atoms with Crippen molar-refractivity contribution in [1.82, 2.24) is 4.31 Å². The van der Waals surface area contributed by atoms with E-state index in [2.05, 4.69) is 10.2 Å². The smallest absolute Gasteiger partial charge is 0.255 e. The zero-order chi connectivity index (χ0) is 21.0. The van der Waals surface area contributed by atoms with Gasteiger partial charge in [0, 0.05) is 43.1 Å². The van der Waals surface area contributed by atoms with Crippen molar-refractivity contribution in [3.8, 4) is 0 Å². The highest BCUT2D eigenvalue weighted by Crippen LogP contribution is 2.21. The summed E-state index contributed by atoms with van der Waals surface area (Å²) in [6.45, 7) is 4.60. The Balaban J connectivity index is 1.40. The predicted molar refractivity (Wildman–Crippen MR) is 113 cm³/mol. The molecule has 30 heavy (non-hydrogen) atoms. The lowest BCUT2D eigenvalue weighted by molar-refractivity contribution is 0.0730. The number of hydrogen-bond acceptors (Lipinski definition) is 6. The van der Waals surface area contributed by atoms with Crippen LogP contribution in [-0.2, 0) is 19.5 Å². The topological polar surface area (TPSA) is 88.2 Å². The third-order valence-corrected chi connectivity index (χ3v) is 7.14. The van der Waals surface area contributed by atoms with Crippen molar-refractivity contribution in [2.75, 3.05) is 62.8 Å². The molecule has 2 aromatic rings. The van der Waals surface area contributed by atoms with E-state index >= 15 is 0 Å². The molecule has 2 aliphatic heterocycles. The average molecular weight is 432 g/mol. The fourth-order valence-electron chi connectivity index (χ4n) is 3.49. The number of rotatable bonds is 5. The molecule has 2 fully saturated rings. The van der Waals surface area contributed by atoms with Gasteiger partial charge in [0.25, 0.3) is 5.91 Å². The molecule has 9 heteroatoms. The van der Waals surface area contributed by atoms with Crippen molar-refractivity contribution in [1.29, 1.82) is 0 Å². The van der Waals surface area contributed by atoms with E-state index in [0.29, 0.717) is 37.6 Å². The first-order chi connectivity index (χ1) is 14.5. The summed E-state index contributed by atoms with van der Waals surface area (Å²) in [6.07, 6.45) is 0. The van der Waals surface area contributed by atoms with Crippen LogP contribution in [0.25, 0.3) is 0 Å². The summed E-state index contributed by atoms with van der Waals surface area (Å²) in [7, 11) is -3.57. The number of anilines is 2. The first kappa shape index (κ1) is 20.8. The molecule has 0 unspecified atom stereocenters. The Morgan fingerprint density at radius 3 is 1.97 bits per heavy atom. The molecule has 1 N–H and O–H groups in total. The number of ether oxygens (including phenoxy) is 2. The van der Waals surface area contributed by atoms with Crippen LogP contribution in [-0.4, -0.2) is 71.2 Å². The second kappa shape index (κ2) is 9.13. The third-order valence-electron chi connectivity index (χ3n) is 5.23. The summed E-state index contributed by atoms with van der Waals surface area (Å²) >= 11 is 0. The lowest BCUT2D eigenvalue weighted by Crippen LogP contribution is -2.40. The van der Waals surface area contributed by atoms with Crippen molar-refractivity contribution < 1.29 is 22.7 Å². The van der Waals surface area contributed by atoms with E-state index in [1.54, 1.807) is 0 Å². The van der Waals surface area contributed by atoms with Crippen molar-refractivity contribution in [3.05, 3.63) is 54.1 Å². The normalized spacial score (nSPS) is 18.2. The van der Waals surface area contributed by atoms with Crippen molar-refractivity contribution >= 4 is 27.3 Å². The van der Waals surface area contributed by atoms with Crippen LogP contribution in [0.2, 0.25) is 0 Å². The molecule has 2 saturated heterocycles. The minimum atomic E-state index is -3.57. The number of nitrogens with zero attached hydrogens (tertiary/aromatic N) is 2. The summed E-state index contributed by atoms with van der Waals surface area (Å²) in [5.41, 5.74) is 2.17. The van der Waals surface area contributed by atoms with Gasteiger partial charge in [0.1, 0.15) is 0 Å². The van der Waals surface area contributed by atoms with E-state index in [-0.39, 0.29) is 10.8 Å². The maximum Gasteiger partial charge on any atom is 0.255 e. The van der Waals surface area contributed by atoms with E-state index in [0.717, 1.165) is 32.0 Å². The lowest BCUT2D eigenvalue weighted by Gasteiger charge is -2.28. The number of hydrogen-bond donors (Lipinski definition) is 1. The van der Waals surface area contributed by atoms with Crippen LogP contribution in [0, 0.1) is 0 Å². The molecule has 4 rings (SSSR count). The van der Waals surface area contributed by atoms with Crippen molar-refractivity contribution in [2.45, 2.75) is 4.90 Å². The molecule has 0 aliphatic carbocycles. The monoisotopic (exact) mass is 431 g/mol. The number of carbonyl (C=O) groups excluding carboxylic acids is 1. The maximum absolute atomic E-state index is 12.7. The standard InChI is InChI=1S/C21H25N3O5S/c25-21(22-18-3-5-19(6-4-18)23-9-13-28-14-10-23)17-1-7-20(8-2-17)30(26,27)24-11-15-29-16-12-24/h1-8H,9-16H2,(H,22,25). The molecule has 2 aromatic carbocycles. The largest absolute Gasteiger partial charge is 0.379 e. The molecule has 0 spiro atoms. The molecule has 0 bridgehead atoms. The number of amides is 1. The Kier molecular flexibility index (Phi) is 6.33. The van der Waals surface area contributed by atoms with E-state index in [4.69, 9.17) is 9.47 Å². The Bertz CT molecular complexity index is 965. The molecular formula is C21H25N3O5S. The van der Waals surface area contributed by atoms with Gasteiger partial charge in [0.15, 0.2) is 0 Å². The van der Waals surface area contributed by atoms with Crippen LogP contribution in [0.5, 0.6) is 0 Å². The van der Waals surface area contributed by atoms with Gasteiger partial charge in [-0.3, -0.25) is 4.79 Å². The average Bonchev–Trinajstić information content (AvgIpc) is 2.81. The van der Waals surface area contributed by atoms with Gasteiger partial charge in [0.2, 0.25) is 10.0 Å². The Morgan fingerprint density at radius 1 is 0.800 bits per heavy atom. The van der Waals surface area contributed by atoms with Gasteiger partial charge in [0.05, 0.1) is 31.3 Å². The molecule has 2 heterocycles. The molecule has 8 nitrogen and oxygen atoms in total. The van der Waals surface area contributed by atoms with Crippen molar-refractivity contribution in [2.24, 2.45) is 0 Å². The highest BCUT2D eigenvalue weighted by Gasteiger charge is 2.26. The zero-order valence-electron chi connectivity index (χ0n) is 16.6. The number of morpholine rings is 2. The zero-order valence-corrected chi connectivity index (χ0v) is 17.4. The molecule has 0 radical (unpaired) electrons. The van der Waals surface area contributed by atoms with Crippen LogP contribution in [0.4, 0.5) is 11.4 Å². The van der Waals surface area contributed by atoms with Crippen LogP contribution in [0.1, 0.15) is 10.4 Å². The molecule has 0 saturated carbocycles. The summed E-state index contributed by atoms with van der Waals surface area (Å²) in [5.74, 6) is -0.288. The highest BCUT2D eigenvalue weighted by molar-refractivity contribution is 7.89. The van der Waals surface area contributed by atoms with Gasteiger partial charge in [-0.1, -0.05) is 0 Å². The molecule has 2 aliphatic rings. The van der Waals surface area contributed by atoms with E-state index in [1.165, 1.54) is 28.6 Å². The quantitative estimate of drug-likeness (QED) is 0.777. The molecular weight excluding hydrogens is 406 g/mol. The van der Waals surface area contributed by atoms with Gasteiger partial charge in [-0.05, 0) is 48.5 Å². The first-order valence-electron chi connectivity index (χ1n) is 9.96. The van der Waals surface area contributed by atoms with Gasteiger partial charge in [-0.25, -0.2) is 8.42 Å². The van der Waals surface area contributed by atoms with E-state index in [1.807, 2.05) is 24.3 Å². The SMILES string of the molecule is O=C(Nc1ccc(N2CCOCC2)cc1)c1ccc(S(=O)(=O)N2CCOCC2)cc1. The van der Waals surface area contributed by atoms with Crippen LogP contribution >= 0.6 is 0 Å². The Morgan fingerprint density at radius 2 is 1.37 bits per heavy atom. The minimum Gasteiger partial charge on any atom is -0.379 e. The molecule has 0 aromatic heterocycles. The summed E-state index contributed by atoms with van der Waals surface area (Å²) < 4.78 is 37.3. The van der Waals surface area contributed by atoms with Gasteiger partial charge < -0.3 is 19.7 Å². The number of carbonyl (C=O) groups is 1.